The van der Waals surface area contributed by atoms with Gasteiger partial charge in [-0.1, -0.05) is 0 Å². The van der Waals surface area contributed by atoms with Crippen LogP contribution in [0.15, 0.2) is 34.1 Å². The molecule has 1 unspecified atom stereocenters. The van der Waals surface area contributed by atoms with Gasteiger partial charge in [-0.2, -0.15) is 0 Å². The molecule has 0 spiro atoms. The van der Waals surface area contributed by atoms with E-state index in [1.165, 1.54) is 18.9 Å². The van der Waals surface area contributed by atoms with Gasteiger partial charge in [0.05, 0.1) is 7.11 Å². The molecule has 1 amide bonds. The average molecular weight is 315 g/mol. The third kappa shape index (κ3) is 5.44. The Labute approximate surface area is 126 Å². The molecule has 2 N–H and O–H groups in total. The third-order valence-corrected chi connectivity index (χ3v) is 4.56. The number of hydrogen-bond donors (Lipinski definition) is 2. The van der Waals surface area contributed by atoms with Crippen molar-refractivity contribution in [2.24, 2.45) is 0 Å². The van der Waals surface area contributed by atoms with Crippen molar-refractivity contribution in [3.05, 3.63) is 24.3 Å². The molecule has 1 aromatic carbocycles. The fraction of sp³-hybridized carbons (Fsp3) is 0.385. The number of carbonyl (C=O) groups is 2. The first-order chi connectivity index (χ1) is 9.60. The van der Waals surface area contributed by atoms with Crippen LogP contribution >= 0.6 is 23.5 Å². The lowest BCUT2D eigenvalue weighted by molar-refractivity contribution is -0.140. The molecule has 0 radical (unpaired) electrons. The summed E-state index contributed by atoms with van der Waals surface area (Å²) >= 11 is 2.99. The molecule has 0 aliphatic rings. The summed E-state index contributed by atoms with van der Waals surface area (Å²) in [6, 6.07) is 7.81. The topological polar surface area (TPSA) is 75.6 Å². The molecule has 0 aliphatic carbocycles. The van der Waals surface area contributed by atoms with Crippen LogP contribution in [0, 0.1) is 0 Å². The Morgan fingerprint density at radius 2 is 1.90 bits per heavy atom. The Balaban J connectivity index is 2.67. The summed E-state index contributed by atoms with van der Waals surface area (Å²) in [5.74, 6) is -0.896. The van der Waals surface area contributed by atoms with E-state index in [4.69, 9.17) is 9.94 Å². The van der Waals surface area contributed by atoms with Crippen molar-refractivity contribution < 1.29 is 19.5 Å². The summed E-state index contributed by atoms with van der Waals surface area (Å²) in [4.78, 5) is 24.8. The lowest BCUT2D eigenvalue weighted by Crippen LogP contribution is -2.24. The van der Waals surface area contributed by atoms with Crippen LogP contribution in [0.2, 0.25) is 0 Å². The quantitative estimate of drug-likeness (QED) is 0.348. The van der Waals surface area contributed by atoms with E-state index in [1.54, 1.807) is 17.2 Å². The summed E-state index contributed by atoms with van der Waals surface area (Å²) in [5.41, 5.74) is 1.55. The van der Waals surface area contributed by atoms with Gasteiger partial charge in [-0.25, -0.2) is 5.48 Å². The Morgan fingerprint density at radius 1 is 1.30 bits per heavy atom. The van der Waals surface area contributed by atoms with Gasteiger partial charge in [0, 0.05) is 16.2 Å². The third-order valence-electron chi connectivity index (χ3n) is 2.56. The minimum Gasteiger partial charge on any atom is -0.468 e. The highest BCUT2D eigenvalue weighted by molar-refractivity contribution is 8.00. The maximum Gasteiger partial charge on any atom is 0.319 e. The number of methoxy groups -OCH3 is 1. The number of carbonyl (C=O) groups excluding carboxylic acids is 2. The number of hydrogen-bond acceptors (Lipinski definition) is 6. The van der Waals surface area contributed by atoms with Gasteiger partial charge in [-0.15, -0.1) is 23.5 Å². The highest BCUT2D eigenvalue weighted by atomic mass is 32.2. The second-order valence-corrected chi connectivity index (χ2v) is 6.03. The molecule has 1 rings (SSSR count). The number of thioether (sulfide) groups is 2. The number of hydroxylamine groups is 1. The normalized spacial score (nSPS) is 11.8. The molecule has 0 aromatic heterocycles. The minimum atomic E-state index is -0.516. The molecule has 7 heteroatoms. The maximum absolute atomic E-state index is 11.7. The average Bonchev–Trinajstić information content (AvgIpc) is 2.50. The van der Waals surface area contributed by atoms with Gasteiger partial charge < -0.3 is 4.74 Å². The summed E-state index contributed by atoms with van der Waals surface area (Å²) in [6.45, 7) is 0. The molecule has 110 valence electrons. The molecule has 0 fully saturated rings. The fourth-order valence-corrected chi connectivity index (χ4v) is 2.95. The van der Waals surface area contributed by atoms with Crippen molar-refractivity contribution in [3.63, 3.8) is 0 Å². The SMILES string of the molecule is COC(=O)C(CCC(=O)NO)Sc1ccc(SC)cc1. The summed E-state index contributed by atoms with van der Waals surface area (Å²) in [7, 11) is 1.32. The van der Waals surface area contributed by atoms with E-state index < -0.39 is 11.2 Å². The van der Waals surface area contributed by atoms with Crippen LogP contribution in [0.5, 0.6) is 0 Å². The number of benzene rings is 1. The first kappa shape index (κ1) is 16.9. The van der Waals surface area contributed by atoms with E-state index in [0.29, 0.717) is 6.42 Å². The molecule has 5 nitrogen and oxygen atoms in total. The minimum absolute atomic E-state index is 0.0617. The molecule has 1 aromatic rings. The monoisotopic (exact) mass is 315 g/mol. The van der Waals surface area contributed by atoms with E-state index >= 15 is 0 Å². The summed E-state index contributed by atoms with van der Waals surface area (Å²) in [6.07, 6.45) is 2.35. The first-order valence-electron chi connectivity index (χ1n) is 5.92. The molecule has 0 saturated carbocycles. The molecule has 0 saturated heterocycles. The zero-order chi connectivity index (χ0) is 15.0. The predicted molar refractivity (Wildman–Crippen MR) is 79.0 cm³/mol. The van der Waals surface area contributed by atoms with Crippen LogP contribution in [0.4, 0.5) is 0 Å². The molecule has 20 heavy (non-hydrogen) atoms. The van der Waals surface area contributed by atoms with Gasteiger partial charge in [-0.05, 0) is 36.9 Å². The van der Waals surface area contributed by atoms with E-state index in [1.807, 2.05) is 30.5 Å². The number of nitrogens with one attached hydrogen (secondary N) is 1. The van der Waals surface area contributed by atoms with Crippen molar-refractivity contribution in [1.82, 2.24) is 5.48 Å². The largest absolute Gasteiger partial charge is 0.468 e. The molecular weight excluding hydrogens is 298 g/mol. The molecule has 1 atom stereocenters. The van der Waals surface area contributed by atoms with Gasteiger partial charge in [0.15, 0.2) is 0 Å². The van der Waals surface area contributed by atoms with Crippen LogP contribution in [0.1, 0.15) is 12.8 Å². The van der Waals surface area contributed by atoms with Crippen molar-refractivity contribution in [2.75, 3.05) is 13.4 Å². The van der Waals surface area contributed by atoms with Crippen LogP contribution in [-0.2, 0) is 14.3 Å². The predicted octanol–water partition coefficient (Wildman–Crippen LogP) is 2.33. The highest BCUT2D eigenvalue weighted by Crippen LogP contribution is 2.28. The Hall–Kier alpha value is -1.18. The molecular formula is C13H17NO4S2. The summed E-state index contributed by atoms with van der Waals surface area (Å²) in [5, 5.41) is 7.99. The second-order valence-electron chi connectivity index (χ2n) is 3.88. The van der Waals surface area contributed by atoms with Crippen LogP contribution in [0.3, 0.4) is 0 Å². The van der Waals surface area contributed by atoms with Crippen LogP contribution < -0.4 is 5.48 Å². The lowest BCUT2D eigenvalue weighted by atomic mass is 10.2. The van der Waals surface area contributed by atoms with E-state index in [2.05, 4.69) is 0 Å². The number of ether oxygens (including phenoxy) is 1. The van der Waals surface area contributed by atoms with Crippen molar-refractivity contribution >= 4 is 35.4 Å². The molecule has 0 heterocycles. The first-order valence-corrected chi connectivity index (χ1v) is 8.02. The van der Waals surface area contributed by atoms with Crippen LogP contribution in [-0.4, -0.2) is 35.7 Å². The van der Waals surface area contributed by atoms with Gasteiger partial charge >= 0.3 is 5.97 Å². The van der Waals surface area contributed by atoms with E-state index in [9.17, 15) is 9.59 Å². The van der Waals surface area contributed by atoms with E-state index in [-0.39, 0.29) is 12.4 Å². The van der Waals surface area contributed by atoms with E-state index in [0.717, 1.165) is 9.79 Å². The number of amides is 1. The van der Waals surface area contributed by atoms with Crippen molar-refractivity contribution in [3.8, 4) is 0 Å². The number of esters is 1. The van der Waals surface area contributed by atoms with Gasteiger partial charge in [0.1, 0.15) is 5.25 Å². The van der Waals surface area contributed by atoms with Crippen molar-refractivity contribution in [2.45, 2.75) is 27.9 Å². The van der Waals surface area contributed by atoms with Gasteiger partial charge in [-0.3, -0.25) is 14.8 Å². The lowest BCUT2D eigenvalue weighted by Gasteiger charge is -2.13. The molecule has 0 bridgehead atoms. The Bertz CT molecular complexity index is 450. The summed E-state index contributed by atoms with van der Waals surface area (Å²) < 4.78 is 4.74. The van der Waals surface area contributed by atoms with Gasteiger partial charge in [0.25, 0.3) is 0 Å². The smallest absolute Gasteiger partial charge is 0.319 e. The Kier molecular flexibility index (Phi) is 7.50. The number of rotatable bonds is 7. The standard InChI is InChI=1S/C13H17NO4S2/c1-18-13(16)11(7-8-12(15)14-17)20-10-5-3-9(19-2)4-6-10/h3-6,11,17H,7-8H2,1-2H3,(H,14,15). The Morgan fingerprint density at radius 3 is 2.40 bits per heavy atom. The highest BCUT2D eigenvalue weighted by Gasteiger charge is 2.21. The zero-order valence-electron chi connectivity index (χ0n) is 11.3. The van der Waals surface area contributed by atoms with Gasteiger partial charge in [0.2, 0.25) is 5.91 Å². The maximum atomic E-state index is 11.7. The van der Waals surface area contributed by atoms with Crippen molar-refractivity contribution in [1.29, 1.82) is 0 Å². The second kappa shape index (κ2) is 8.89. The zero-order valence-corrected chi connectivity index (χ0v) is 12.9. The molecule has 0 aliphatic heterocycles. The fourth-order valence-electron chi connectivity index (χ4n) is 1.49. The van der Waals surface area contributed by atoms with Crippen LogP contribution in [0.25, 0.3) is 0 Å².